The SMILES string of the molecule is Cc1ccc(F)c(C(=O)Nc2cc(N)c(C)cc2C)c1. The number of nitrogens with one attached hydrogen (secondary N) is 1. The molecule has 0 unspecified atom stereocenters. The Morgan fingerprint density at radius 1 is 1.10 bits per heavy atom. The van der Waals surface area contributed by atoms with Gasteiger partial charge in [-0.1, -0.05) is 17.7 Å². The maximum Gasteiger partial charge on any atom is 0.258 e. The van der Waals surface area contributed by atoms with Crippen LogP contribution >= 0.6 is 0 Å². The lowest BCUT2D eigenvalue weighted by atomic mass is 10.1. The Morgan fingerprint density at radius 2 is 1.80 bits per heavy atom. The summed E-state index contributed by atoms with van der Waals surface area (Å²) in [5.74, 6) is -1.01. The number of amides is 1. The molecule has 0 aliphatic rings. The molecule has 0 fully saturated rings. The molecule has 3 N–H and O–H groups in total. The fourth-order valence-electron chi connectivity index (χ4n) is 2.01. The molecule has 0 aliphatic carbocycles. The Labute approximate surface area is 117 Å². The molecule has 0 heterocycles. The van der Waals surface area contributed by atoms with Crippen molar-refractivity contribution in [2.45, 2.75) is 20.8 Å². The summed E-state index contributed by atoms with van der Waals surface area (Å²) in [4.78, 5) is 12.1. The largest absolute Gasteiger partial charge is 0.398 e. The fourth-order valence-corrected chi connectivity index (χ4v) is 2.01. The van der Waals surface area contributed by atoms with Crippen molar-refractivity contribution in [1.82, 2.24) is 0 Å². The van der Waals surface area contributed by atoms with Gasteiger partial charge in [-0.2, -0.15) is 0 Å². The average Bonchev–Trinajstić information content (AvgIpc) is 2.38. The number of hydrogen-bond donors (Lipinski definition) is 2. The number of halogens is 1. The molecule has 0 atom stereocenters. The summed E-state index contributed by atoms with van der Waals surface area (Å²) in [7, 11) is 0. The van der Waals surface area contributed by atoms with E-state index in [4.69, 9.17) is 5.73 Å². The minimum atomic E-state index is -0.536. The first kappa shape index (κ1) is 14.1. The van der Waals surface area contributed by atoms with E-state index in [2.05, 4.69) is 5.32 Å². The second kappa shape index (κ2) is 5.33. The number of benzene rings is 2. The van der Waals surface area contributed by atoms with E-state index in [9.17, 15) is 9.18 Å². The molecule has 4 heteroatoms. The highest BCUT2D eigenvalue weighted by molar-refractivity contribution is 6.05. The monoisotopic (exact) mass is 272 g/mol. The third kappa shape index (κ3) is 2.79. The first-order chi connectivity index (χ1) is 9.38. The van der Waals surface area contributed by atoms with Crippen LogP contribution in [0.1, 0.15) is 27.0 Å². The Bertz CT molecular complexity index is 680. The van der Waals surface area contributed by atoms with E-state index in [0.29, 0.717) is 11.4 Å². The zero-order valence-electron chi connectivity index (χ0n) is 11.8. The van der Waals surface area contributed by atoms with E-state index in [1.165, 1.54) is 12.1 Å². The van der Waals surface area contributed by atoms with Crippen molar-refractivity contribution < 1.29 is 9.18 Å². The summed E-state index contributed by atoms with van der Waals surface area (Å²) >= 11 is 0. The van der Waals surface area contributed by atoms with Crippen molar-refractivity contribution in [3.8, 4) is 0 Å². The standard InChI is InChI=1S/C16H17FN2O/c1-9-4-5-13(17)12(6-9)16(20)19-15-8-14(18)10(2)7-11(15)3/h4-8H,18H2,1-3H3,(H,19,20). The van der Waals surface area contributed by atoms with Gasteiger partial charge in [-0.15, -0.1) is 0 Å². The van der Waals surface area contributed by atoms with Gasteiger partial charge >= 0.3 is 0 Å². The number of nitrogens with two attached hydrogens (primary N) is 1. The van der Waals surface area contributed by atoms with Crippen molar-refractivity contribution in [3.63, 3.8) is 0 Å². The van der Waals surface area contributed by atoms with Crippen molar-refractivity contribution in [3.05, 3.63) is 58.4 Å². The molecule has 0 spiro atoms. The lowest BCUT2D eigenvalue weighted by Crippen LogP contribution is -2.15. The van der Waals surface area contributed by atoms with Gasteiger partial charge in [0.15, 0.2) is 0 Å². The lowest BCUT2D eigenvalue weighted by Gasteiger charge is -2.12. The molecule has 0 saturated carbocycles. The first-order valence-electron chi connectivity index (χ1n) is 6.32. The van der Waals surface area contributed by atoms with Crippen molar-refractivity contribution in [1.29, 1.82) is 0 Å². The molecule has 1 amide bonds. The van der Waals surface area contributed by atoms with Crippen molar-refractivity contribution >= 4 is 17.3 Å². The van der Waals surface area contributed by atoms with Crippen LogP contribution in [-0.2, 0) is 0 Å². The van der Waals surface area contributed by atoms with Crippen LogP contribution in [0.15, 0.2) is 30.3 Å². The number of hydrogen-bond acceptors (Lipinski definition) is 2. The molecule has 20 heavy (non-hydrogen) atoms. The number of anilines is 2. The maximum absolute atomic E-state index is 13.7. The van der Waals surface area contributed by atoms with Gasteiger partial charge in [-0.25, -0.2) is 4.39 Å². The number of carbonyl (C=O) groups is 1. The van der Waals surface area contributed by atoms with Gasteiger partial charge in [-0.05, 0) is 50.1 Å². The molecular weight excluding hydrogens is 255 g/mol. The highest BCUT2D eigenvalue weighted by atomic mass is 19.1. The summed E-state index contributed by atoms with van der Waals surface area (Å²) < 4.78 is 13.7. The molecule has 3 nitrogen and oxygen atoms in total. The highest BCUT2D eigenvalue weighted by Gasteiger charge is 2.13. The van der Waals surface area contributed by atoms with Gasteiger partial charge < -0.3 is 11.1 Å². The molecule has 0 saturated heterocycles. The molecule has 0 bridgehead atoms. The van der Waals surface area contributed by atoms with Gasteiger partial charge in [0, 0.05) is 11.4 Å². The number of carbonyl (C=O) groups excluding carboxylic acids is 1. The van der Waals surface area contributed by atoms with Crippen LogP contribution in [0.3, 0.4) is 0 Å². The lowest BCUT2D eigenvalue weighted by molar-refractivity contribution is 0.102. The average molecular weight is 272 g/mol. The second-order valence-electron chi connectivity index (χ2n) is 4.96. The Kier molecular flexibility index (Phi) is 3.74. The number of aryl methyl sites for hydroxylation is 3. The van der Waals surface area contributed by atoms with Crippen LogP contribution < -0.4 is 11.1 Å². The van der Waals surface area contributed by atoms with Gasteiger partial charge in [0.1, 0.15) is 5.82 Å². The Balaban J connectivity index is 2.32. The fraction of sp³-hybridized carbons (Fsp3) is 0.188. The minimum Gasteiger partial charge on any atom is -0.398 e. The summed E-state index contributed by atoms with van der Waals surface area (Å²) in [6, 6.07) is 8.02. The molecule has 0 radical (unpaired) electrons. The molecule has 2 aromatic carbocycles. The van der Waals surface area contributed by atoms with E-state index in [1.54, 1.807) is 12.1 Å². The van der Waals surface area contributed by atoms with Crippen LogP contribution in [-0.4, -0.2) is 5.91 Å². The van der Waals surface area contributed by atoms with E-state index in [0.717, 1.165) is 16.7 Å². The van der Waals surface area contributed by atoms with Crippen molar-refractivity contribution in [2.24, 2.45) is 0 Å². The minimum absolute atomic E-state index is 0.0311. The quantitative estimate of drug-likeness (QED) is 0.821. The van der Waals surface area contributed by atoms with Gasteiger partial charge in [0.25, 0.3) is 5.91 Å². The zero-order chi connectivity index (χ0) is 14.9. The summed E-state index contributed by atoms with van der Waals surface area (Å²) in [6.07, 6.45) is 0. The van der Waals surface area contributed by atoms with E-state index < -0.39 is 11.7 Å². The van der Waals surface area contributed by atoms with Crippen LogP contribution in [0.25, 0.3) is 0 Å². The first-order valence-corrected chi connectivity index (χ1v) is 6.32. The van der Waals surface area contributed by atoms with Crippen molar-refractivity contribution in [2.75, 3.05) is 11.1 Å². The maximum atomic E-state index is 13.7. The predicted molar refractivity (Wildman–Crippen MR) is 79.4 cm³/mol. The molecule has 104 valence electrons. The van der Waals surface area contributed by atoms with E-state index in [1.807, 2.05) is 26.8 Å². The van der Waals surface area contributed by atoms with Gasteiger partial charge in [-0.3, -0.25) is 4.79 Å². The Morgan fingerprint density at radius 3 is 2.50 bits per heavy atom. The third-order valence-electron chi connectivity index (χ3n) is 3.23. The van der Waals surface area contributed by atoms with E-state index in [-0.39, 0.29) is 5.56 Å². The van der Waals surface area contributed by atoms with Crippen LogP contribution in [0.5, 0.6) is 0 Å². The molecule has 2 aromatic rings. The van der Waals surface area contributed by atoms with Crippen LogP contribution in [0, 0.1) is 26.6 Å². The van der Waals surface area contributed by atoms with Gasteiger partial charge in [0.05, 0.1) is 5.56 Å². The van der Waals surface area contributed by atoms with Crippen LogP contribution in [0.4, 0.5) is 15.8 Å². The molecule has 0 aromatic heterocycles. The summed E-state index contributed by atoms with van der Waals surface area (Å²) in [5.41, 5.74) is 9.72. The van der Waals surface area contributed by atoms with Crippen LogP contribution in [0.2, 0.25) is 0 Å². The Hall–Kier alpha value is -2.36. The van der Waals surface area contributed by atoms with E-state index >= 15 is 0 Å². The summed E-state index contributed by atoms with van der Waals surface area (Å²) in [5, 5.41) is 2.70. The highest BCUT2D eigenvalue weighted by Crippen LogP contribution is 2.23. The number of rotatable bonds is 2. The molecule has 0 aliphatic heterocycles. The third-order valence-corrected chi connectivity index (χ3v) is 3.23. The summed E-state index contributed by atoms with van der Waals surface area (Å²) in [6.45, 7) is 5.58. The van der Waals surface area contributed by atoms with Gasteiger partial charge in [0.2, 0.25) is 0 Å². The zero-order valence-corrected chi connectivity index (χ0v) is 11.8. The molecular formula is C16H17FN2O. The number of nitrogen functional groups attached to an aromatic ring is 1. The normalized spacial score (nSPS) is 10.4. The second-order valence-corrected chi connectivity index (χ2v) is 4.96. The predicted octanol–water partition coefficient (Wildman–Crippen LogP) is 3.59. The smallest absolute Gasteiger partial charge is 0.258 e. The topological polar surface area (TPSA) is 55.1 Å². The molecule has 2 rings (SSSR count).